The van der Waals surface area contributed by atoms with Crippen molar-refractivity contribution in [1.29, 1.82) is 0 Å². The molecule has 0 aliphatic heterocycles. The van der Waals surface area contributed by atoms with Crippen LogP contribution in [0.2, 0.25) is 0 Å². The summed E-state index contributed by atoms with van der Waals surface area (Å²) in [5, 5.41) is 8.73. The molecule has 1 aromatic rings. The third kappa shape index (κ3) is 2.26. The first-order valence-corrected chi connectivity index (χ1v) is 4.00. The van der Waals surface area contributed by atoms with Crippen LogP contribution in [0.15, 0.2) is 36.1 Å². The van der Waals surface area contributed by atoms with Crippen LogP contribution in [0.3, 0.4) is 0 Å². The lowest BCUT2D eigenvalue weighted by molar-refractivity contribution is 0.0696. The van der Waals surface area contributed by atoms with E-state index in [1.54, 1.807) is 6.92 Å². The van der Waals surface area contributed by atoms with Crippen LogP contribution in [0.25, 0.3) is 0 Å². The van der Waals surface area contributed by atoms with E-state index < -0.39 is 5.97 Å². The monoisotopic (exact) mass is 190 g/mol. The van der Waals surface area contributed by atoms with Crippen molar-refractivity contribution in [2.75, 3.05) is 0 Å². The molecule has 0 radical (unpaired) electrons. The molecule has 1 aromatic heterocycles. The summed E-state index contributed by atoms with van der Waals surface area (Å²) >= 11 is 0. The van der Waals surface area contributed by atoms with Gasteiger partial charge in [0.15, 0.2) is 0 Å². The first kappa shape index (κ1) is 10.1. The normalized spacial score (nSPS) is 11.1. The van der Waals surface area contributed by atoms with E-state index in [0.29, 0.717) is 11.4 Å². The molecule has 0 spiro atoms. The van der Waals surface area contributed by atoms with Gasteiger partial charge in [-0.3, -0.25) is 9.98 Å². The Bertz CT molecular complexity index is 397. The van der Waals surface area contributed by atoms with Crippen LogP contribution in [0, 0.1) is 0 Å². The Morgan fingerprint density at radius 1 is 1.71 bits per heavy atom. The third-order valence-electron chi connectivity index (χ3n) is 1.66. The summed E-state index contributed by atoms with van der Waals surface area (Å²) < 4.78 is 0. The number of hydrogen-bond donors (Lipinski definition) is 1. The van der Waals surface area contributed by atoms with Gasteiger partial charge in [-0.25, -0.2) is 4.79 Å². The molecule has 14 heavy (non-hydrogen) atoms. The highest BCUT2D eigenvalue weighted by Gasteiger charge is 2.05. The maximum Gasteiger partial charge on any atom is 0.335 e. The van der Waals surface area contributed by atoms with Gasteiger partial charge in [0.25, 0.3) is 0 Å². The maximum absolute atomic E-state index is 10.6. The molecule has 0 saturated carbocycles. The molecule has 4 nitrogen and oxygen atoms in total. The fraction of sp³-hybridized carbons (Fsp3) is 0.100. The van der Waals surface area contributed by atoms with Crippen molar-refractivity contribution in [3.05, 3.63) is 42.4 Å². The van der Waals surface area contributed by atoms with Crippen molar-refractivity contribution in [3.8, 4) is 0 Å². The lowest BCUT2D eigenvalue weighted by Gasteiger charge is -1.99. The standard InChI is InChI=1S/C10H10N2O2/c1-3-11-7(2)9-6-8(10(13)14)4-5-12-9/h3-6H,1H2,2H3,(H,13,14)/b11-7+. The Morgan fingerprint density at radius 3 is 3.00 bits per heavy atom. The van der Waals surface area contributed by atoms with E-state index in [9.17, 15) is 4.79 Å². The second-order valence-electron chi connectivity index (χ2n) is 2.63. The lowest BCUT2D eigenvalue weighted by atomic mass is 10.2. The molecule has 0 atom stereocenters. The molecule has 0 aliphatic carbocycles. The Labute approximate surface area is 81.6 Å². The number of aromatic nitrogens is 1. The van der Waals surface area contributed by atoms with E-state index >= 15 is 0 Å². The largest absolute Gasteiger partial charge is 0.478 e. The first-order chi connectivity index (χ1) is 6.65. The SMILES string of the molecule is C=C/N=C(\C)c1cc(C(=O)O)ccn1. The minimum Gasteiger partial charge on any atom is -0.478 e. The highest BCUT2D eigenvalue weighted by Crippen LogP contribution is 2.03. The summed E-state index contributed by atoms with van der Waals surface area (Å²) in [6.45, 7) is 5.20. The second kappa shape index (κ2) is 4.32. The molecule has 1 N–H and O–H groups in total. The number of carboxylic acid groups (broad SMARTS) is 1. The molecular weight excluding hydrogens is 180 g/mol. The fourth-order valence-corrected chi connectivity index (χ4v) is 0.964. The van der Waals surface area contributed by atoms with Crippen LogP contribution in [0.1, 0.15) is 23.0 Å². The number of aromatic carboxylic acids is 1. The highest BCUT2D eigenvalue weighted by atomic mass is 16.4. The van der Waals surface area contributed by atoms with Gasteiger partial charge < -0.3 is 5.11 Å². The van der Waals surface area contributed by atoms with E-state index in [-0.39, 0.29) is 5.56 Å². The zero-order valence-electron chi connectivity index (χ0n) is 7.77. The number of carbonyl (C=O) groups is 1. The Morgan fingerprint density at radius 2 is 2.43 bits per heavy atom. The van der Waals surface area contributed by atoms with Crippen molar-refractivity contribution in [1.82, 2.24) is 4.98 Å². The lowest BCUT2D eigenvalue weighted by Crippen LogP contribution is -2.02. The van der Waals surface area contributed by atoms with E-state index in [2.05, 4.69) is 16.6 Å². The average molecular weight is 190 g/mol. The van der Waals surface area contributed by atoms with Crippen molar-refractivity contribution < 1.29 is 9.90 Å². The summed E-state index contributed by atoms with van der Waals surface area (Å²) in [7, 11) is 0. The molecule has 1 heterocycles. The topological polar surface area (TPSA) is 62.5 Å². The molecular formula is C10H10N2O2. The van der Waals surface area contributed by atoms with Gasteiger partial charge in [-0.05, 0) is 19.1 Å². The van der Waals surface area contributed by atoms with Gasteiger partial charge in [-0.2, -0.15) is 0 Å². The number of pyridine rings is 1. The molecule has 4 heteroatoms. The minimum atomic E-state index is -0.972. The molecule has 0 amide bonds. The summed E-state index contributed by atoms with van der Waals surface area (Å²) in [4.78, 5) is 18.6. The molecule has 1 rings (SSSR count). The van der Waals surface area contributed by atoms with Crippen molar-refractivity contribution >= 4 is 11.7 Å². The van der Waals surface area contributed by atoms with Gasteiger partial charge in [0.1, 0.15) is 0 Å². The zero-order chi connectivity index (χ0) is 10.6. The van der Waals surface area contributed by atoms with Gasteiger partial charge in [0, 0.05) is 12.4 Å². The first-order valence-electron chi connectivity index (χ1n) is 4.00. The van der Waals surface area contributed by atoms with Gasteiger partial charge in [0.05, 0.1) is 17.0 Å². The average Bonchev–Trinajstić information content (AvgIpc) is 2.18. The summed E-state index contributed by atoms with van der Waals surface area (Å²) in [5.74, 6) is -0.972. The van der Waals surface area contributed by atoms with Crippen LogP contribution >= 0.6 is 0 Å². The Kier molecular flexibility index (Phi) is 3.12. The molecule has 0 fully saturated rings. The smallest absolute Gasteiger partial charge is 0.335 e. The number of aliphatic imine (C=N–C) groups is 1. The number of hydrogen-bond acceptors (Lipinski definition) is 3. The Hall–Kier alpha value is -1.97. The highest BCUT2D eigenvalue weighted by molar-refractivity contribution is 5.99. The van der Waals surface area contributed by atoms with E-state index in [4.69, 9.17) is 5.11 Å². The molecule has 0 bridgehead atoms. The minimum absolute atomic E-state index is 0.202. The van der Waals surface area contributed by atoms with Gasteiger partial charge >= 0.3 is 5.97 Å². The van der Waals surface area contributed by atoms with E-state index in [0.717, 1.165) is 0 Å². The summed E-state index contributed by atoms with van der Waals surface area (Å²) in [6.07, 6.45) is 2.84. The summed E-state index contributed by atoms with van der Waals surface area (Å²) in [6, 6.07) is 2.91. The summed E-state index contributed by atoms with van der Waals surface area (Å²) in [5.41, 5.74) is 1.39. The van der Waals surface area contributed by atoms with Crippen LogP contribution in [-0.4, -0.2) is 21.8 Å². The van der Waals surface area contributed by atoms with E-state index in [1.807, 2.05) is 0 Å². The predicted octanol–water partition coefficient (Wildman–Crippen LogP) is 1.73. The van der Waals surface area contributed by atoms with E-state index in [1.165, 1.54) is 24.5 Å². The molecule has 0 aliphatic rings. The number of carboxylic acids is 1. The maximum atomic E-state index is 10.6. The van der Waals surface area contributed by atoms with Crippen molar-refractivity contribution in [2.45, 2.75) is 6.92 Å². The van der Waals surface area contributed by atoms with Crippen molar-refractivity contribution in [2.24, 2.45) is 4.99 Å². The molecule has 0 aromatic carbocycles. The predicted molar refractivity (Wildman–Crippen MR) is 53.6 cm³/mol. The molecule has 72 valence electrons. The second-order valence-corrected chi connectivity index (χ2v) is 2.63. The van der Waals surface area contributed by atoms with Gasteiger partial charge in [-0.1, -0.05) is 6.58 Å². The Balaban J connectivity index is 3.11. The third-order valence-corrected chi connectivity index (χ3v) is 1.66. The van der Waals surface area contributed by atoms with Crippen LogP contribution < -0.4 is 0 Å². The fourth-order valence-electron chi connectivity index (χ4n) is 0.964. The van der Waals surface area contributed by atoms with Crippen LogP contribution in [0.5, 0.6) is 0 Å². The van der Waals surface area contributed by atoms with Crippen LogP contribution in [-0.2, 0) is 0 Å². The number of nitrogens with zero attached hydrogens (tertiary/aromatic N) is 2. The van der Waals surface area contributed by atoms with Gasteiger partial charge in [0.2, 0.25) is 0 Å². The molecule has 0 saturated heterocycles. The van der Waals surface area contributed by atoms with Crippen LogP contribution in [0.4, 0.5) is 0 Å². The molecule has 0 unspecified atom stereocenters. The number of rotatable bonds is 3. The van der Waals surface area contributed by atoms with Gasteiger partial charge in [-0.15, -0.1) is 0 Å². The van der Waals surface area contributed by atoms with Crippen molar-refractivity contribution in [3.63, 3.8) is 0 Å². The zero-order valence-corrected chi connectivity index (χ0v) is 7.77. The quantitative estimate of drug-likeness (QED) is 0.738.